The van der Waals surface area contributed by atoms with E-state index in [1.807, 2.05) is 66.7 Å². The summed E-state index contributed by atoms with van der Waals surface area (Å²) in [6.07, 6.45) is 4.12. The first-order chi connectivity index (χ1) is 14.4. The van der Waals surface area contributed by atoms with Crippen LogP contribution in [0, 0.1) is 0 Å². The van der Waals surface area contributed by atoms with Crippen molar-refractivity contribution >= 4 is 12.0 Å². The third-order valence-corrected chi connectivity index (χ3v) is 5.58. The topological polar surface area (TPSA) is 60.8 Å². The average Bonchev–Trinajstić information content (AvgIpc) is 3.18. The number of aliphatic hydroxyl groups is 1. The third-order valence-electron chi connectivity index (χ3n) is 5.58. The van der Waals surface area contributed by atoms with E-state index >= 15 is 0 Å². The maximum absolute atomic E-state index is 13.1. The molecule has 0 bridgehead atoms. The van der Waals surface area contributed by atoms with Crippen molar-refractivity contribution in [3.63, 3.8) is 0 Å². The number of hydrogen-bond donors (Lipinski definition) is 2. The molecule has 1 heterocycles. The van der Waals surface area contributed by atoms with E-state index in [0.29, 0.717) is 30.6 Å². The van der Waals surface area contributed by atoms with Gasteiger partial charge >= 0.3 is 0 Å². The molecule has 3 aromatic rings. The summed E-state index contributed by atoms with van der Waals surface area (Å²) in [4.78, 5) is 14.8. The zero-order valence-corrected chi connectivity index (χ0v) is 17.0. The molecule has 1 aliphatic rings. The van der Waals surface area contributed by atoms with Gasteiger partial charge in [0.1, 0.15) is 5.75 Å². The standard InChI is InChI=1S/C26H25NO3/c1-26(30,15-7-10-19-8-3-2-4-9-19)23-16-20(13-14-24(23)28)25(29)27-17-21-11-5-6-12-22(21)18-27/h2-14,16,28,30H,15,17-18H2,1H3/b10-7+. The predicted molar refractivity (Wildman–Crippen MR) is 118 cm³/mol. The predicted octanol–water partition coefficient (Wildman–Crippen LogP) is 4.86. The van der Waals surface area contributed by atoms with E-state index in [0.717, 1.165) is 16.7 Å². The van der Waals surface area contributed by atoms with Crippen molar-refractivity contribution in [3.8, 4) is 5.75 Å². The molecule has 0 aromatic heterocycles. The minimum Gasteiger partial charge on any atom is -0.508 e. The van der Waals surface area contributed by atoms with Crippen LogP contribution in [0.25, 0.3) is 6.08 Å². The lowest BCUT2D eigenvalue weighted by Gasteiger charge is -2.24. The number of nitrogens with zero attached hydrogens (tertiary/aromatic N) is 1. The Morgan fingerprint density at radius 1 is 1.00 bits per heavy atom. The van der Waals surface area contributed by atoms with Crippen LogP contribution >= 0.6 is 0 Å². The Kier molecular flexibility index (Phi) is 5.42. The molecule has 0 radical (unpaired) electrons. The Morgan fingerprint density at radius 3 is 2.30 bits per heavy atom. The highest BCUT2D eigenvalue weighted by Gasteiger charge is 2.28. The van der Waals surface area contributed by atoms with Crippen molar-refractivity contribution in [1.82, 2.24) is 4.90 Å². The van der Waals surface area contributed by atoms with E-state index in [4.69, 9.17) is 0 Å². The molecule has 152 valence electrons. The van der Waals surface area contributed by atoms with Gasteiger partial charge in [0.05, 0.1) is 5.60 Å². The molecule has 4 rings (SSSR count). The number of carbonyl (C=O) groups is 1. The van der Waals surface area contributed by atoms with Crippen LogP contribution in [0.3, 0.4) is 0 Å². The van der Waals surface area contributed by atoms with Crippen LogP contribution in [-0.4, -0.2) is 21.0 Å². The molecule has 0 saturated heterocycles. The monoisotopic (exact) mass is 399 g/mol. The zero-order valence-electron chi connectivity index (χ0n) is 17.0. The van der Waals surface area contributed by atoms with Crippen molar-refractivity contribution in [2.45, 2.75) is 32.0 Å². The molecular formula is C26H25NO3. The van der Waals surface area contributed by atoms with Crippen LogP contribution in [0.15, 0.2) is 78.9 Å². The fourth-order valence-corrected chi connectivity index (χ4v) is 3.86. The first-order valence-corrected chi connectivity index (χ1v) is 10.1. The number of phenols is 1. The molecule has 0 fully saturated rings. The normalized spacial score (nSPS) is 15.2. The summed E-state index contributed by atoms with van der Waals surface area (Å²) in [5.41, 5.74) is 2.85. The van der Waals surface area contributed by atoms with E-state index in [2.05, 4.69) is 0 Å². The third kappa shape index (κ3) is 4.14. The van der Waals surface area contributed by atoms with Gasteiger partial charge in [-0.05, 0) is 48.2 Å². The Balaban J connectivity index is 1.52. The fraction of sp³-hybridized carbons (Fsp3) is 0.192. The second kappa shape index (κ2) is 8.17. The minimum absolute atomic E-state index is 0.0191. The highest BCUT2D eigenvalue weighted by Crippen LogP contribution is 2.34. The molecule has 30 heavy (non-hydrogen) atoms. The number of fused-ring (bicyclic) bond motifs is 1. The number of rotatable bonds is 5. The molecule has 0 spiro atoms. The minimum atomic E-state index is -1.31. The molecule has 1 amide bonds. The first kappa shape index (κ1) is 19.9. The molecule has 1 atom stereocenters. The summed E-state index contributed by atoms with van der Waals surface area (Å²) >= 11 is 0. The Hall–Kier alpha value is -3.37. The van der Waals surface area contributed by atoms with Crippen LogP contribution < -0.4 is 0 Å². The molecule has 1 unspecified atom stereocenters. The van der Waals surface area contributed by atoms with Gasteiger partial charge in [0.2, 0.25) is 0 Å². The second-order valence-electron chi connectivity index (χ2n) is 7.95. The zero-order chi connectivity index (χ0) is 21.1. The van der Waals surface area contributed by atoms with Gasteiger partial charge in [-0.25, -0.2) is 0 Å². The number of hydrogen-bond acceptors (Lipinski definition) is 3. The van der Waals surface area contributed by atoms with Gasteiger partial charge in [0, 0.05) is 24.2 Å². The molecule has 4 nitrogen and oxygen atoms in total. The summed E-state index contributed by atoms with van der Waals surface area (Å²) in [7, 11) is 0. The van der Waals surface area contributed by atoms with Crippen molar-refractivity contribution in [3.05, 3.63) is 107 Å². The van der Waals surface area contributed by atoms with Crippen molar-refractivity contribution in [2.24, 2.45) is 0 Å². The molecule has 4 heteroatoms. The van der Waals surface area contributed by atoms with Crippen LogP contribution in [-0.2, 0) is 18.7 Å². The van der Waals surface area contributed by atoms with E-state index < -0.39 is 5.60 Å². The highest BCUT2D eigenvalue weighted by molar-refractivity contribution is 5.95. The smallest absolute Gasteiger partial charge is 0.254 e. The number of benzene rings is 3. The summed E-state index contributed by atoms with van der Waals surface area (Å²) in [6.45, 7) is 2.79. The van der Waals surface area contributed by atoms with Crippen molar-refractivity contribution < 1.29 is 15.0 Å². The van der Waals surface area contributed by atoms with Crippen LogP contribution in [0.4, 0.5) is 0 Å². The average molecular weight is 399 g/mol. The fourth-order valence-electron chi connectivity index (χ4n) is 3.86. The van der Waals surface area contributed by atoms with Gasteiger partial charge in [0.15, 0.2) is 0 Å². The van der Waals surface area contributed by atoms with E-state index in [9.17, 15) is 15.0 Å². The van der Waals surface area contributed by atoms with Crippen LogP contribution in [0.2, 0.25) is 0 Å². The van der Waals surface area contributed by atoms with Gasteiger partial charge in [-0.2, -0.15) is 0 Å². The summed E-state index contributed by atoms with van der Waals surface area (Å²) in [5.74, 6) is -0.127. The molecular weight excluding hydrogens is 374 g/mol. The second-order valence-corrected chi connectivity index (χ2v) is 7.95. The number of carbonyl (C=O) groups excluding carboxylic acids is 1. The number of aromatic hydroxyl groups is 1. The molecule has 0 saturated carbocycles. The van der Waals surface area contributed by atoms with Gasteiger partial charge < -0.3 is 15.1 Å². The maximum Gasteiger partial charge on any atom is 0.254 e. The highest BCUT2D eigenvalue weighted by atomic mass is 16.3. The Morgan fingerprint density at radius 2 is 1.63 bits per heavy atom. The lowest BCUT2D eigenvalue weighted by molar-refractivity contribution is 0.0579. The quantitative estimate of drug-likeness (QED) is 0.644. The molecule has 2 N–H and O–H groups in total. The van der Waals surface area contributed by atoms with Crippen molar-refractivity contribution in [1.29, 1.82) is 0 Å². The number of amides is 1. The lowest BCUT2D eigenvalue weighted by atomic mass is 9.90. The van der Waals surface area contributed by atoms with E-state index in [1.54, 1.807) is 24.0 Å². The molecule has 0 aliphatic carbocycles. The SMILES string of the molecule is CC(O)(C/C=C/c1ccccc1)c1cc(C(=O)N2Cc3ccccc3C2)ccc1O. The summed E-state index contributed by atoms with van der Waals surface area (Å²) < 4.78 is 0. The summed E-state index contributed by atoms with van der Waals surface area (Å²) in [5, 5.41) is 21.4. The van der Waals surface area contributed by atoms with Crippen LogP contribution in [0.5, 0.6) is 5.75 Å². The first-order valence-electron chi connectivity index (χ1n) is 10.1. The van der Waals surface area contributed by atoms with Gasteiger partial charge in [-0.1, -0.05) is 66.7 Å². The van der Waals surface area contributed by atoms with Gasteiger partial charge in [-0.15, -0.1) is 0 Å². The van der Waals surface area contributed by atoms with E-state index in [-0.39, 0.29) is 11.7 Å². The van der Waals surface area contributed by atoms with Gasteiger partial charge in [-0.3, -0.25) is 4.79 Å². The van der Waals surface area contributed by atoms with Gasteiger partial charge in [0.25, 0.3) is 5.91 Å². The largest absolute Gasteiger partial charge is 0.508 e. The summed E-state index contributed by atoms with van der Waals surface area (Å²) in [6, 6.07) is 22.6. The maximum atomic E-state index is 13.1. The van der Waals surface area contributed by atoms with Crippen LogP contribution in [0.1, 0.15) is 46.0 Å². The Bertz CT molecular complexity index is 1060. The lowest BCUT2D eigenvalue weighted by Crippen LogP contribution is -2.26. The molecule has 1 aliphatic heterocycles. The van der Waals surface area contributed by atoms with E-state index in [1.165, 1.54) is 6.07 Å². The molecule has 3 aromatic carbocycles. The number of phenolic OH excluding ortho intramolecular Hbond substituents is 1. The van der Waals surface area contributed by atoms with Crippen molar-refractivity contribution in [2.75, 3.05) is 0 Å². The Labute approximate surface area is 176 Å².